The van der Waals surface area contributed by atoms with Crippen molar-refractivity contribution < 1.29 is 9.57 Å². The molecule has 4 unspecified atom stereocenters. The zero-order valence-corrected chi connectivity index (χ0v) is 19.3. The minimum atomic E-state index is -0.388. The van der Waals surface area contributed by atoms with E-state index in [-0.39, 0.29) is 23.5 Å². The van der Waals surface area contributed by atoms with Crippen molar-refractivity contribution in [1.82, 2.24) is 21.0 Å². The van der Waals surface area contributed by atoms with E-state index in [0.717, 1.165) is 38.7 Å². The van der Waals surface area contributed by atoms with Gasteiger partial charge in [-0.1, -0.05) is 51.1 Å². The normalized spacial score (nSPS) is 30.6. The lowest BCUT2D eigenvalue weighted by Crippen LogP contribution is -2.82. The van der Waals surface area contributed by atoms with E-state index in [1.165, 1.54) is 5.56 Å². The first-order valence-electron chi connectivity index (χ1n) is 11.2. The lowest BCUT2D eigenvalue weighted by molar-refractivity contribution is -0.333. The molecule has 1 aromatic carbocycles. The average molecular weight is 407 g/mol. The molecule has 4 atom stereocenters. The Hall–Kier alpha value is -1.02. The van der Waals surface area contributed by atoms with Gasteiger partial charge in [0, 0.05) is 13.0 Å². The molecule has 0 radical (unpaired) electrons. The highest BCUT2D eigenvalue weighted by Gasteiger charge is 2.58. The van der Waals surface area contributed by atoms with E-state index in [1.807, 2.05) is 21.1 Å². The third-order valence-electron chi connectivity index (χ3n) is 6.50. The Morgan fingerprint density at radius 1 is 1.00 bits per heavy atom. The van der Waals surface area contributed by atoms with E-state index in [4.69, 9.17) is 9.57 Å². The number of hydrogen-bond donors (Lipinski definition) is 3. The van der Waals surface area contributed by atoms with Crippen LogP contribution in [0.5, 0.6) is 0 Å². The first-order valence-corrected chi connectivity index (χ1v) is 11.2. The molecule has 0 amide bonds. The van der Waals surface area contributed by atoms with Gasteiger partial charge in [-0.2, -0.15) is 0 Å². The molecule has 1 heterocycles. The van der Waals surface area contributed by atoms with E-state index in [1.54, 1.807) is 0 Å². The summed E-state index contributed by atoms with van der Waals surface area (Å²) >= 11 is 0. The van der Waals surface area contributed by atoms with Gasteiger partial charge in [0.05, 0.1) is 24.4 Å². The van der Waals surface area contributed by atoms with Gasteiger partial charge in [0.1, 0.15) is 5.66 Å². The van der Waals surface area contributed by atoms with Gasteiger partial charge in [-0.25, -0.2) is 0 Å². The minimum absolute atomic E-state index is 0.0914. The SMILES string of the molecule is CCCOC1CC(CC)(NC)N(OCCc2ccccc2)C(CC)(NC)C1NC. The van der Waals surface area contributed by atoms with Crippen LogP contribution in [0.15, 0.2) is 30.3 Å². The van der Waals surface area contributed by atoms with Crippen LogP contribution in [0, 0.1) is 0 Å². The van der Waals surface area contributed by atoms with Gasteiger partial charge in [0.2, 0.25) is 0 Å². The van der Waals surface area contributed by atoms with Crippen molar-refractivity contribution in [2.45, 2.75) is 76.3 Å². The third kappa shape index (κ3) is 5.01. The summed E-state index contributed by atoms with van der Waals surface area (Å²) in [4.78, 5) is 6.58. The number of likely N-dealkylation sites (N-methyl/N-ethyl adjacent to an activating group) is 2. The number of piperidine rings is 1. The molecule has 6 nitrogen and oxygen atoms in total. The van der Waals surface area contributed by atoms with Crippen LogP contribution in [0.25, 0.3) is 0 Å². The summed E-state index contributed by atoms with van der Waals surface area (Å²) in [7, 11) is 6.08. The third-order valence-corrected chi connectivity index (χ3v) is 6.50. The van der Waals surface area contributed by atoms with Gasteiger partial charge in [-0.15, -0.1) is 5.06 Å². The molecule has 0 aromatic heterocycles. The summed E-state index contributed by atoms with van der Waals surface area (Å²) in [6, 6.07) is 10.6. The molecule has 1 fully saturated rings. The lowest BCUT2D eigenvalue weighted by atomic mass is 9.79. The van der Waals surface area contributed by atoms with Gasteiger partial charge in [-0.05, 0) is 52.4 Å². The standard InChI is InChI=1S/C23H42N4O2/c1-7-16-28-20-18-22(8-2,25-5)27(23(9-3,26-6)21(20)24-4)29-17-15-19-13-11-10-12-14-19/h10-14,20-21,24-26H,7-9,15-18H2,1-6H3. The average Bonchev–Trinajstić information content (AvgIpc) is 2.78. The topological polar surface area (TPSA) is 57.8 Å². The predicted octanol–water partition coefficient (Wildman–Crippen LogP) is 2.90. The van der Waals surface area contributed by atoms with Gasteiger partial charge in [-0.3, -0.25) is 10.2 Å². The Kier molecular flexibility index (Phi) is 9.53. The highest BCUT2D eigenvalue weighted by atomic mass is 16.7. The van der Waals surface area contributed by atoms with Gasteiger partial charge in [0.25, 0.3) is 0 Å². The monoisotopic (exact) mass is 406 g/mol. The highest BCUT2D eigenvalue weighted by molar-refractivity contribution is 5.15. The molecule has 2 rings (SSSR count). The first kappa shape index (κ1) is 24.3. The fraction of sp³-hybridized carbons (Fsp3) is 0.739. The largest absolute Gasteiger partial charge is 0.376 e. The molecule has 1 saturated heterocycles. The second kappa shape index (κ2) is 11.4. The summed E-state index contributed by atoms with van der Waals surface area (Å²) in [6.07, 6.45) is 4.65. The van der Waals surface area contributed by atoms with Crippen molar-refractivity contribution in [3.63, 3.8) is 0 Å². The summed E-state index contributed by atoms with van der Waals surface area (Å²) in [6.45, 7) is 7.99. The van der Waals surface area contributed by atoms with E-state index in [0.29, 0.717) is 6.61 Å². The Labute approximate surface area is 177 Å². The molecule has 1 aromatic rings. The van der Waals surface area contributed by atoms with Crippen molar-refractivity contribution in [2.75, 3.05) is 34.4 Å². The van der Waals surface area contributed by atoms with Crippen LogP contribution in [0.3, 0.4) is 0 Å². The zero-order chi connectivity index (χ0) is 21.3. The molecule has 0 spiro atoms. The Morgan fingerprint density at radius 3 is 2.24 bits per heavy atom. The van der Waals surface area contributed by atoms with Crippen molar-refractivity contribution in [2.24, 2.45) is 0 Å². The molecule has 0 aliphatic carbocycles. The summed E-state index contributed by atoms with van der Waals surface area (Å²) in [5.74, 6) is 0. The molecular formula is C23H42N4O2. The fourth-order valence-electron chi connectivity index (χ4n) is 4.80. The van der Waals surface area contributed by atoms with Gasteiger partial charge >= 0.3 is 0 Å². The summed E-state index contributed by atoms with van der Waals surface area (Å²) < 4.78 is 6.35. The molecular weight excluding hydrogens is 364 g/mol. The number of ether oxygens (including phenoxy) is 1. The van der Waals surface area contributed by atoms with E-state index in [9.17, 15) is 0 Å². The van der Waals surface area contributed by atoms with Crippen LogP contribution in [0.4, 0.5) is 0 Å². The maximum Gasteiger partial charge on any atom is 0.115 e. The Bertz CT molecular complexity index is 576. The number of rotatable bonds is 12. The van der Waals surface area contributed by atoms with Crippen LogP contribution < -0.4 is 16.0 Å². The predicted molar refractivity (Wildman–Crippen MR) is 120 cm³/mol. The molecule has 3 N–H and O–H groups in total. The number of hydroxylamine groups is 2. The number of benzene rings is 1. The van der Waals surface area contributed by atoms with Crippen LogP contribution in [-0.4, -0.2) is 62.9 Å². The maximum absolute atomic E-state index is 6.58. The van der Waals surface area contributed by atoms with Crippen LogP contribution >= 0.6 is 0 Å². The van der Waals surface area contributed by atoms with Crippen LogP contribution in [0.2, 0.25) is 0 Å². The van der Waals surface area contributed by atoms with Crippen molar-refractivity contribution in [3.05, 3.63) is 35.9 Å². The summed E-state index contributed by atoms with van der Waals surface area (Å²) in [5, 5.41) is 13.0. The van der Waals surface area contributed by atoms with Gasteiger partial charge < -0.3 is 15.4 Å². The smallest absolute Gasteiger partial charge is 0.115 e. The number of nitrogens with one attached hydrogen (secondary N) is 3. The lowest BCUT2D eigenvalue weighted by Gasteiger charge is -2.61. The number of nitrogens with zero attached hydrogens (tertiary/aromatic N) is 1. The second-order valence-electron chi connectivity index (χ2n) is 7.91. The Morgan fingerprint density at radius 2 is 1.72 bits per heavy atom. The minimum Gasteiger partial charge on any atom is -0.376 e. The molecule has 1 aliphatic heterocycles. The van der Waals surface area contributed by atoms with Crippen LogP contribution in [-0.2, 0) is 16.0 Å². The molecule has 6 heteroatoms. The fourth-order valence-corrected chi connectivity index (χ4v) is 4.80. The Balaban J connectivity index is 2.33. The van der Waals surface area contributed by atoms with Gasteiger partial charge in [0.15, 0.2) is 0 Å². The van der Waals surface area contributed by atoms with Crippen molar-refractivity contribution in [3.8, 4) is 0 Å². The van der Waals surface area contributed by atoms with E-state index in [2.05, 4.69) is 72.1 Å². The van der Waals surface area contributed by atoms with E-state index < -0.39 is 0 Å². The second-order valence-corrected chi connectivity index (χ2v) is 7.91. The first-order chi connectivity index (χ1) is 14.1. The van der Waals surface area contributed by atoms with E-state index >= 15 is 0 Å². The maximum atomic E-state index is 6.58. The molecule has 0 saturated carbocycles. The molecule has 166 valence electrons. The van der Waals surface area contributed by atoms with Crippen molar-refractivity contribution in [1.29, 1.82) is 0 Å². The van der Waals surface area contributed by atoms with Crippen molar-refractivity contribution >= 4 is 0 Å². The molecule has 29 heavy (non-hydrogen) atoms. The number of hydrogen-bond acceptors (Lipinski definition) is 6. The highest BCUT2D eigenvalue weighted by Crippen LogP contribution is 2.41. The quantitative estimate of drug-likeness (QED) is 0.496. The molecule has 1 aliphatic rings. The summed E-state index contributed by atoms with van der Waals surface area (Å²) in [5.41, 5.74) is 0.597. The molecule has 0 bridgehead atoms. The van der Waals surface area contributed by atoms with Crippen LogP contribution in [0.1, 0.15) is 52.0 Å². The zero-order valence-electron chi connectivity index (χ0n) is 19.3.